The van der Waals surface area contributed by atoms with E-state index in [4.69, 9.17) is 63.7 Å². The summed E-state index contributed by atoms with van der Waals surface area (Å²) in [7, 11) is 0. The summed E-state index contributed by atoms with van der Waals surface area (Å²) in [5, 5.41) is 0. The SMILES string of the molecule is O=C(OCCOCCOCCOCCOCCOCCOCCOCCOCCOCCOCCCl)c1ccccc1. The van der Waals surface area contributed by atoms with E-state index in [1.807, 2.05) is 6.07 Å². The van der Waals surface area contributed by atoms with E-state index in [1.165, 1.54) is 0 Å². The highest BCUT2D eigenvalue weighted by Crippen LogP contribution is 2.00. The maximum Gasteiger partial charge on any atom is 0.338 e. The van der Waals surface area contributed by atoms with E-state index in [1.54, 1.807) is 24.3 Å². The molecule has 0 heterocycles. The number of ether oxygens (including phenoxy) is 11. The fourth-order valence-corrected chi connectivity index (χ4v) is 3.10. The topological polar surface area (TPSA) is 119 Å². The van der Waals surface area contributed by atoms with Gasteiger partial charge in [-0.25, -0.2) is 4.79 Å². The van der Waals surface area contributed by atoms with Crippen molar-refractivity contribution >= 4 is 17.6 Å². The number of carbonyl (C=O) groups excluding carboxylic acids is 1. The summed E-state index contributed by atoms with van der Waals surface area (Å²) in [4.78, 5) is 11.8. The van der Waals surface area contributed by atoms with Gasteiger partial charge >= 0.3 is 5.97 Å². The number of esters is 1. The molecule has 0 N–H and O–H groups in total. The van der Waals surface area contributed by atoms with Gasteiger partial charge in [0.1, 0.15) is 6.61 Å². The van der Waals surface area contributed by atoms with Crippen LogP contribution >= 0.6 is 11.6 Å². The van der Waals surface area contributed by atoms with Gasteiger partial charge in [-0.1, -0.05) is 18.2 Å². The zero-order valence-corrected chi connectivity index (χ0v) is 25.5. The summed E-state index contributed by atoms with van der Waals surface area (Å²) < 4.78 is 59.1. The molecule has 0 aromatic heterocycles. The first-order valence-corrected chi connectivity index (χ1v) is 14.9. The Hall–Kier alpha value is -1.42. The van der Waals surface area contributed by atoms with Crippen molar-refractivity contribution in [3.8, 4) is 0 Å². The number of hydrogen-bond acceptors (Lipinski definition) is 12. The quantitative estimate of drug-likeness (QED) is 0.0648. The van der Waals surface area contributed by atoms with Crippen LogP contribution in [0.5, 0.6) is 0 Å². The highest BCUT2D eigenvalue weighted by molar-refractivity contribution is 6.17. The third kappa shape index (κ3) is 27.4. The molecule has 0 saturated heterocycles. The number of carbonyl (C=O) groups is 1. The van der Waals surface area contributed by atoms with E-state index in [0.717, 1.165) is 0 Å². The van der Waals surface area contributed by atoms with Crippen molar-refractivity contribution in [1.82, 2.24) is 0 Å². The van der Waals surface area contributed by atoms with Crippen LogP contribution < -0.4 is 0 Å². The second kappa shape index (κ2) is 32.5. The minimum atomic E-state index is -0.356. The van der Waals surface area contributed by atoms with Crippen LogP contribution in [-0.4, -0.2) is 151 Å². The predicted octanol–water partition coefficient (Wildman–Crippen LogP) is 2.25. The van der Waals surface area contributed by atoms with Gasteiger partial charge in [-0.3, -0.25) is 0 Å². The Morgan fingerprint density at radius 2 is 0.667 bits per heavy atom. The summed E-state index contributed by atoms with van der Waals surface area (Å²) in [5.41, 5.74) is 0.526. The molecule has 0 unspecified atom stereocenters. The van der Waals surface area contributed by atoms with E-state index in [0.29, 0.717) is 144 Å². The fraction of sp³-hybridized carbons (Fsp3) is 0.759. The number of benzene rings is 1. The van der Waals surface area contributed by atoms with Gasteiger partial charge in [-0.05, 0) is 12.1 Å². The van der Waals surface area contributed by atoms with Gasteiger partial charge in [0.2, 0.25) is 0 Å². The van der Waals surface area contributed by atoms with Gasteiger partial charge in [0.25, 0.3) is 0 Å². The first-order valence-electron chi connectivity index (χ1n) is 14.4. The van der Waals surface area contributed by atoms with Crippen LogP contribution in [0.25, 0.3) is 0 Å². The molecule has 42 heavy (non-hydrogen) atoms. The van der Waals surface area contributed by atoms with Gasteiger partial charge in [0.15, 0.2) is 0 Å². The standard InChI is InChI=1S/C29H49ClO12/c30-6-7-32-8-9-33-10-11-34-12-13-35-14-15-36-16-17-37-18-19-38-20-21-39-22-23-40-24-25-41-26-27-42-29(31)28-4-2-1-3-5-28/h1-5H,6-27H2. The molecular formula is C29H49ClO12. The Labute approximate surface area is 255 Å². The van der Waals surface area contributed by atoms with E-state index < -0.39 is 0 Å². The summed E-state index contributed by atoms with van der Waals surface area (Å²) in [6, 6.07) is 8.85. The van der Waals surface area contributed by atoms with Crippen LogP contribution in [0.15, 0.2) is 30.3 Å². The van der Waals surface area contributed by atoms with Crippen molar-refractivity contribution in [3.05, 3.63) is 35.9 Å². The highest BCUT2D eigenvalue weighted by atomic mass is 35.5. The van der Waals surface area contributed by atoms with Crippen molar-refractivity contribution in [3.63, 3.8) is 0 Å². The lowest BCUT2D eigenvalue weighted by atomic mass is 10.2. The molecule has 1 aromatic carbocycles. The van der Waals surface area contributed by atoms with Crippen LogP contribution in [0.3, 0.4) is 0 Å². The molecule has 0 atom stereocenters. The van der Waals surface area contributed by atoms with Crippen LogP contribution in [0.2, 0.25) is 0 Å². The first kappa shape index (κ1) is 38.6. The molecular weight excluding hydrogens is 576 g/mol. The summed E-state index contributed by atoms with van der Waals surface area (Å²) in [5.74, 6) is 0.138. The fourth-order valence-electron chi connectivity index (χ4n) is 2.99. The van der Waals surface area contributed by atoms with E-state index in [2.05, 4.69) is 0 Å². The lowest BCUT2D eigenvalue weighted by molar-refractivity contribution is -0.0269. The molecule has 0 amide bonds. The molecule has 0 spiro atoms. The van der Waals surface area contributed by atoms with Crippen molar-refractivity contribution in [2.45, 2.75) is 0 Å². The van der Waals surface area contributed by atoms with Gasteiger partial charge in [0.05, 0.1) is 138 Å². The highest BCUT2D eigenvalue weighted by Gasteiger charge is 2.05. The number of alkyl halides is 1. The normalized spacial score (nSPS) is 11.3. The van der Waals surface area contributed by atoms with Crippen molar-refractivity contribution < 1.29 is 56.9 Å². The van der Waals surface area contributed by atoms with Gasteiger partial charge in [-0.15, -0.1) is 11.6 Å². The van der Waals surface area contributed by atoms with Crippen LogP contribution in [0.4, 0.5) is 0 Å². The van der Waals surface area contributed by atoms with Crippen LogP contribution in [-0.2, 0) is 52.1 Å². The summed E-state index contributed by atoms with van der Waals surface area (Å²) >= 11 is 5.50. The molecule has 0 aliphatic carbocycles. The average molecular weight is 625 g/mol. The lowest BCUT2D eigenvalue weighted by Gasteiger charge is -2.09. The largest absolute Gasteiger partial charge is 0.460 e. The van der Waals surface area contributed by atoms with E-state index >= 15 is 0 Å². The van der Waals surface area contributed by atoms with Crippen LogP contribution in [0, 0.1) is 0 Å². The molecule has 0 fully saturated rings. The minimum absolute atomic E-state index is 0.203. The van der Waals surface area contributed by atoms with Crippen molar-refractivity contribution in [2.24, 2.45) is 0 Å². The van der Waals surface area contributed by atoms with Gasteiger partial charge in [-0.2, -0.15) is 0 Å². The lowest BCUT2D eigenvalue weighted by Crippen LogP contribution is -2.15. The smallest absolute Gasteiger partial charge is 0.338 e. The van der Waals surface area contributed by atoms with Crippen molar-refractivity contribution in [2.75, 3.05) is 145 Å². The van der Waals surface area contributed by atoms with Gasteiger partial charge < -0.3 is 52.1 Å². The van der Waals surface area contributed by atoms with E-state index in [9.17, 15) is 4.79 Å². The maximum absolute atomic E-state index is 11.8. The molecule has 0 aliphatic heterocycles. The third-order valence-corrected chi connectivity index (χ3v) is 5.19. The second-order valence-corrected chi connectivity index (χ2v) is 8.69. The summed E-state index contributed by atoms with van der Waals surface area (Å²) in [6.45, 7) is 10.0. The number of rotatable bonds is 33. The molecule has 0 saturated carbocycles. The summed E-state index contributed by atoms with van der Waals surface area (Å²) in [6.07, 6.45) is 0. The molecule has 12 nitrogen and oxygen atoms in total. The monoisotopic (exact) mass is 624 g/mol. The average Bonchev–Trinajstić information content (AvgIpc) is 3.02. The Balaban J connectivity index is 1.64. The van der Waals surface area contributed by atoms with E-state index in [-0.39, 0.29) is 12.6 Å². The Morgan fingerprint density at radius 3 is 0.952 bits per heavy atom. The van der Waals surface area contributed by atoms with Crippen molar-refractivity contribution in [1.29, 1.82) is 0 Å². The van der Waals surface area contributed by atoms with Crippen LogP contribution in [0.1, 0.15) is 10.4 Å². The minimum Gasteiger partial charge on any atom is -0.460 e. The molecule has 244 valence electrons. The first-order chi connectivity index (χ1) is 20.8. The predicted molar refractivity (Wildman–Crippen MR) is 156 cm³/mol. The Bertz CT molecular complexity index is 686. The molecule has 0 bridgehead atoms. The Morgan fingerprint density at radius 1 is 0.405 bits per heavy atom. The molecule has 0 aliphatic rings. The molecule has 1 rings (SSSR count). The Kier molecular flexibility index (Phi) is 29.9. The molecule has 1 aromatic rings. The maximum atomic E-state index is 11.8. The third-order valence-electron chi connectivity index (χ3n) is 5.04. The number of halogens is 1. The zero-order chi connectivity index (χ0) is 30.0. The second-order valence-electron chi connectivity index (χ2n) is 8.31. The molecule has 0 radical (unpaired) electrons. The molecule has 13 heteroatoms. The zero-order valence-electron chi connectivity index (χ0n) is 24.7. The number of hydrogen-bond donors (Lipinski definition) is 0. The van der Waals surface area contributed by atoms with Gasteiger partial charge in [0, 0.05) is 5.88 Å².